The van der Waals surface area contributed by atoms with Crippen LogP contribution in [0.15, 0.2) is 16.9 Å². The Morgan fingerprint density at radius 1 is 1.10 bits per heavy atom. The summed E-state index contributed by atoms with van der Waals surface area (Å²) in [7, 11) is 0. The van der Waals surface area contributed by atoms with Crippen LogP contribution in [0.5, 0.6) is 0 Å². The van der Waals surface area contributed by atoms with Gasteiger partial charge in [-0.25, -0.2) is 4.98 Å². The maximum Gasteiger partial charge on any atom is 0.254 e. The quantitative estimate of drug-likeness (QED) is 0.430. The average Bonchev–Trinajstić information content (AvgIpc) is 3.28. The highest BCUT2D eigenvalue weighted by Crippen LogP contribution is 2.50. The molecule has 0 radical (unpaired) electrons. The third kappa shape index (κ3) is 6.03. The molecular formula is C30H41ClN6O4. The lowest BCUT2D eigenvalue weighted by Crippen LogP contribution is -2.45. The molecule has 0 bridgehead atoms. The van der Waals surface area contributed by atoms with E-state index in [1.54, 1.807) is 0 Å². The number of likely N-dealkylation sites (tertiary alicyclic amines) is 1. The number of nitrogens with one attached hydrogen (secondary N) is 2. The lowest BCUT2D eigenvalue weighted by atomic mass is 9.74. The molecule has 4 aliphatic rings. The number of benzene rings is 1. The Morgan fingerprint density at radius 3 is 2.66 bits per heavy atom. The number of piperidine rings is 1. The van der Waals surface area contributed by atoms with Crippen molar-refractivity contribution in [3.8, 4) is 0 Å². The van der Waals surface area contributed by atoms with Crippen LogP contribution in [0.3, 0.4) is 0 Å². The molecule has 6 rings (SSSR count). The minimum absolute atomic E-state index is 0.0234. The summed E-state index contributed by atoms with van der Waals surface area (Å²) in [6.07, 6.45) is 5.68. The first-order valence-corrected chi connectivity index (χ1v) is 15.4. The Balaban J connectivity index is 1.14. The van der Waals surface area contributed by atoms with E-state index in [-0.39, 0.29) is 23.5 Å². The average molecular weight is 585 g/mol. The topological polar surface area (TPSA) is 114 Å². The van der Waals surface area contributed by atoms with Gasteiger partial charge in [0.15, 0.2) is 0 Å². The molecule has 3 aliphatic heterocycles. The van der Waals surface area contributed by atoms with E-state index in [9.17, 15) is 14.7 Å². The molecule has 11 heteroatoms. The zero-order valence-corrected chi connectivity index (χ0v) is 24.5. The number of morpholine rings is 1. The van der Waals surface area contributed by atoms with Crippen molar-refractivity contribution < 1.29 is 14.6 Å². The van der Waals surface area contributed by atoms with E-state index in [1.807, 2.05) is 12.1 Å². The molecule has 0 saturated carbocycles. The number of aromatic amines is 1. The first-order chi connectivity index (χ1) is 20.0. The SMILES string of the molecule is O=C(NCCN1CCOCC1)c1cc(Cl)c2c(c1)N(CCO)CC21CCN(Cc2nc3c(c(=O)[nH]2)CCCC3)CC1. The number of aryl methyl sites for hydroxylation is 1. The third-order valence-electron chi connectivity index (χ3n) is 9.31. The summed E-state index contributed by atoms with van der Waals surface area (Å²) in [5.41, 5.74) is 4.33. The maximum absolute atomic E-state index is 13.1. The monoisotopic (exact) mass is 584 g/mol. The number of carbonyl (C=O) groups excluding carboxylic acids is 1. The predicted octanol–water partition coefficient (Wildman–Crippen LogP) is 1.71. The van der Waals surface area contributed by atoms with E-state index >= 15 is 0 Å². The van der Waals surface area contributed by atoms with Gasteiger partial charge in [-0.05, 0) is 63.7 Å². The number of amides is 1. The minimum atomic E-state index is -0.139. The number of rotatable bonds is 8. The zero-order chi connectivity index (χ0) is 28.4. The summed E-state index contributed by atoms with van der Waals surface area (Å²) in [6.45, 7) is 8.24. The lowest BCUT2D eigenvalue weighted by molar-refractivity contribution is 0.0383. The molecule has 1 aromatic carbocycles. The maximum atomic E-state index is 13.1. The van der Waals surface area contributed by atoms with Gasteiger partial charge in [0.1, 0.15) is 5.82 Å². The van der Waals surface area contributed by atoms with Crippen molar-refractivity contribution in [3.05, 3.63) is 55.7 Å². The van der Waals surface area contributed by atoms with E-state index < -0.39 is 0 Å². The molecule has 1 amide bonds. The van der Waals surface area contributed by atoms with Crippen molar-refractivity contribution in [1.29, 1.82) is 0 Å². The second-order valence-electron chi connectivity index (χ2n) is 11.9. The van der Waals surface area contributed by atoms with Crippen LogP contribution in [0.1, 0.15) is 58.7 Å². The normalized spacial score (nSPS) is 20.7. The lowest BCUT2D eigenvalue weighted by Gasteiger charge is -2.40. The summed E-state index contributed by atoms with van der Waals surface area (Å²) in [5.74, 6) is 0.622. The first-order valence-electron chi connectivity index (χ1n) is 15.1. The second kappa shape index (κ2) is 12.4. The zero-order valence-electron chi connectivity index (χ0n) is 23.7. The molecule has 2 fully saturated rings. The second-order valence-corrected chi connectivity index (χ2v) is 12.3. The standard InChI is InChI=1S/C30H41ClN6O4/c31-23-17-21(28(39)32-7-10-35-12-15-41-16-13-35)18-25-27(23)30(20-37(25)11-14-38)5-8-36(9-6-30)19-26-33-24-4-2-1-3-22(24)29(40)34-26/h17-18,38H,1-16,19-20H2,(H,32,39)(H,33,34,40). The van der Waals surface area contributed by atoms with Crippen LogP contribution in [0, 0.1) is 0 Å². The Kier molecular flexibility index (Phi) is 8.65. The van der Waals surface area contributed by atoms with Crippen LogP contribution in [-0.2, 0) is 29.5 Å². The first kappa shape index (κ1) is 28.6. The molecule has 1 aromatic heterocycles. The number of anilines is 1. The smallest absolute Gasteiger partial charge is 0.254 e. The molecule has 3 N–H and O–H groups in total. The minimum Gasteiger partial charge on any atom is -0.395 e. The molecule has 1 spiro atoms. The number of carbonyl (C=O) groups is 1. The number of fused-ring (bicyclic) bond motifs is 3. The van der Waals surface area contributed by atoms with Crippen LogP contribution in [-0.4, -0.2) is 103 Å². The molecule has 1 aliphatic carbocycles. The molecule has 2 saturated heterocycles. The van der Waals surface area contributed by atoms with E-state index in [0.29, 0.717) is 30.2 Å². The number of halogens is 1. The number of β-amino-alcohol motifs (C(OH)–C–C–N with tert-alkyl or cyclic N) is 1. The van der Waals surface area contributed by atoms with Crippen molar-refractivity contribution in [3.63, 3.8) is 0 Å². The number of hydrogen-bond donors (Lipinski definition) is 3. The number of aliphatic hydroxyl groups is 1. The molecular weight excluding hydrogens is 544 g/mol. The Bertz CT molecular complexity index is 1320. The molecule has 41 heavy (non-hydrogen) atoms. The summed E-state index contributed by atoms with van der Waals surface area (Å²) in [5, 5.41) is 13.5. The molecule has 222 valence electrons. The van der Waals surface area contributed by atoms with Crippen molar-refractivity contribution in [1.82, 2.24) is 25.1 Å². The van der Waals surface area contributed by atoms with Gasteiger partial charge in [-0.1, -0.05) is 11.6 Å². The molecule has 4 heterocycles. The van der Waals surface area contributed by atoms with Crippen LogP contribution < -0.4 is 15.8 Å². The van der Waals surface area contributed by atoms with Crippen molar-refractivity contribution in [2.24, 2.45) is 0 Å². The summed E-state index contributed by atoms with van der Waals surface area (Å²) >= 11 is 6.96. The Hall–Kier alpha value is -2.50. The summed E-state index contributed by atoms with van der Waals surface area (Å²) < 4.78 is 5.40. The fourth-order valence-corrected chi connectivity index (χ4v) is 7.51. The van der Waals surface area contributed by atoms with Gasteiger partial charge in [-0.2, -0.15) is 0 Å². The van der Waals surface area contributed by atoms with Crippen LogP contribution >= 0.6 is 11.6 Å². The molecule has 10 nitrogen and oxygen atoms in total. The van der Waals surface area contributed by atoms with Gasteiger partial charge in [0.2, 0.25) is 0 Å². The molecule has 0 unspecified atom stereocenters. The fraction of sp³-hybridized carbons (Fsp3) is 0.633. The number of aliphatic hydroxyl groups excluding tert-OH is 1. The van der Waals surface area contributed by atoms with Crippen molar-refractivity contribution >= 4 is 23.2 Å². The van der Waals surface area contributed by atoms with Gasteiger partial charge >= 0.3 is 0 Å². The van der Waals surface area contributed by atoms with Gasteiger partial charge in [-0.3, -0.25) is 19.4 Å². The fourth-order valence-electron chi connectivity index (χ4n) is 7.09. The van der Waals surface area contributed by atoms with E-state index in [1.165, 1.54) is 0 Å². The van der Waals surface area contributed by atoms with Crippen molar-refractivity contribution in [2.75, 3.05) is 77.1 Å². The van der Waals surface area contributed by atoms with Gasteiger partial charge in [0.25, 0.3) is 11.5 Å². The Morgan fingerprint density at radius 2 is 1.88 bits per heavy atom. The summed E-state index contributed by atoms with van der Waals surface area (Å²) in [6, 6.07) is 3.76. The highest BCUT2D eigenvalue weighted by atomic mass is 35.5. The van der Waals surface area contributed by atoms with Gasteiger partial charge in [-0.15, -0.1) is 0 Å². The number of hydrogen-bond acceptors (Lipinski definition) is 8. The largest absolute Gasteiger partial charge is 0.395 e. The van der Waals surface area contributed by atoms with Crippen LogP contribution in [0.2, 0.25) is 5.02 Å². The third-order valence-corrected chi connectivity index (χ3v) is 9.61. The predicted molar refractivity (Wildman–Crippen MR) is 158 cm³/mol. The highest BCUT2D eigenvalue weighted by Gasteiger charge is 2.46. The number of nitrogens with zero attached hydrogens (tertiary/aromatic N) is 4. The molecule has 0 atom stereocenters. The van der Waals surface area contributed by atoms with Gasteiger partial charge in [0, 0.05) is 72.1 Å². The van der Waals surface area contributed by atoms with Gasteiger partial charge < -0.3 is 25.0 Å². The van der Waals surface area contributed by atoms with E-state index in [0.717, 1.165) is 119 Å². The van der Waals surface area contributed by atoms with E-state index in [2.05, 4.69) is 25.0 Å². The summed E-state index contributed by atoms with van der Waals surface area (Å²) in [4.78, 5) is 40.4. The highest BCUT2D eigenvalue weighted by molar-refractivity contribution is 6.32. The van der Waals surface area contributed by atoms with Crippen LogP contribution in [0.4, 0.5) is 5.69 Å². The number of ether oxygens (including phenoxy) is 1. The van der Waals surface area contributed by atoms with E-state index in [4.69, 9.17) is 21.3 Å². The van der Waals surface area contributed by atoms with Gasteiger partial charge in [0.05, 0.1) is 32.1 Å². The van der Waals surface area contributed by atoms with Crippen molar-refractivity contribution in [2.45, 2.75) is 50.5 Å². The van der Waals surface area contributed by atoms with Crippen LogP contribution in [0.25, 0.3) is 0 Å². The Labute approximate surface area is 246 Å². The number of H-pyrrole nitrogens is 1. The number of aromatic nitrogens is 2. The molecule has 2 aromatic rings.